The molecule has 0 saturated heterocycles. The summed E-state index contributed by atoms with van der Waals surface area (Å²) in [4.78, 5) is 11.6. The molecule has 94 valence electrons. The molecule has 1 saturated carbocycles. The highest BCUT2D eigenvalue weighted by atomic mass is 16.5. The van der Waals surface area contributed by atoms with Crippen molar-refractivity contribution in [3.8, 4) is 0 Å². The maximum Gasteiger partial charge on any atom is 0.325 e. The van der Waals surface area contributed by atoms with Gasteiger partial charge in [0.2, 0.25) is 0 Å². The zero-order valence-electron chi connectivity index (χ0n) is 10.4. The summed E-state index contributed by atoms with van der Waals surface area (Å²) in [5.74, 6) is 1.00. The zero-order valence-corrected chi connectivity index (χ0v) is 10.4. The van der Waals surface area contributed by atoms with E-state index < -0.39 is 6.04 Å². The Bertz CT molecular complexity index is 232. The third-order valence-electron chi connectivity index (χ3n) is 3.48. The summed E-state index contributed by atoms with van der Waals surface area (Å²) in [6.07, 6.45) is 3.07. The van der Waals surface area contributed by atoms with Crippen molar-refractivity contribution in [2.24, 2.45) is 17.6 Å². The number of ether oxygens (including phenoxy) is 2. The Kier molecular flexibility index (Phi) is 5.22. The Morgan fingerprint density at radius 2 is 2.06 bits per heavy atom. The van der Waals surface area contributed by atoms with E-state index in [2.05, 4.69) is 13.8 Å². The minimum atomic E-state index is -0.653. The quantitative estimate of drug-likeness (QED) is 0.739. The third kappa shape index (κ3) is 3.76. The van der Waals surface area contributed by atoms with Crippen molar-refractivity contribution < 1.29 is 14.3 Å². The number of hydrogen-bond donors (Lipinski definition) is 1. The fourth-order valence-electron chi connectivity index (χ4n) is 2.10. The molecule has 0 bridgehead atoms. The Balaban J connectivity index is 2.34. The maximum atomic E-state index is 11.6. The maximum absolute atomic E-state index is 11.6. The predicted octanol–water partition coefficient (Wildman–Crippen LogP) is 1.33. The first kappa shape index (κ1) is 13.5. The summed E-state index contributed by atoms with van der Waals surface area (Å²) in [5.41, 5.74) is 5.61. The molecule has 1 rings (SSSR count). The molecule has 0 aliphatic heterocycles. The Morgan fingerprint density at radius 1 is 1.38 bits per heavy atom. The topological polar surface area (TPSA) is 61.5 Å². The van der Waals surface area contributed by atoms with E-state index in [0.717, 1.165) is 25.2 Å². The molecule has 0 spiro atoms. The molecular weight excluding hydrogens is 206 g/mol. The molecule has 0 heterocycles. The van der Waals surface area contributed by atoms with E-state index in [1.54, 1.807) is 0 Å². The molecule has 1 aliphatic carbocycles. The number of methoxy groups -OCH3 is 1. The molecule has 0 aromatic heterocycles. The van der Waals surface area contributed by atoms with Gasteiger partial charge in [0.25, 0.3) is 0 Å². The highest BCUT2D eigenvalue weighted by Gasteiger charge is 2.28. The molecule has 0 radical (unpaired) electrons. The van der Waals surface area contributed by atoms with Crippen LogP contribution >= 0.6 is 0 Å². The van der Waals surface area contributed by atoms with Crippen LogP contribution in [0.15, 0.2) is 0 Å². The number of rotatable bonds is 4. The Morgan fingerprint density at radius 3 is 2.62 bits per heavy atom. The van der Waals surface area contributed by atoms with Crippen LogP contribution in [0.1, 0.15) is 33.1 Å². The normalized spacial score (nSPS) is 32.1. The van der Waals surface area contributed by atoms with Crippen molar-refractivity contribution >= 4 is 5.97 Å². The first-order valence-corrected chi connectivity index (χ1v) is 5.99. The Hall–Kier alpha value is -0.610. The van der Waals surface area contributed by atoms with E-state index in [1.807, 2.05) is 0 Å². The molecule has 4 unspecified atom stereocenters. The SMILES string of the molecule is COCC(N)C(=O)OC1CCC(C)C(C)C1. The molecule has 2 N–H and O–H groups in total. The molecule has 4 heteroatoms. The van der Waals surface area contributed by atoms with Crippen LogP contribution in [0.25, 0.3) is 0 Å². The zero-order chi connectivity index (χ0) is 12.1. The number of carbonyl (C=O) groups is 1. The van der Waals surface area contributed by atoms with Gasteiger partial charge >= 0.3 is 5.97 Å². The highest BCUT2D eigenvalue weighted by molar-refractivity contribution is 5.75. The van der Waals surface area contributed by atoms with Crippen LogP contribution in [0.2, 0.25) is 0 Å². The van der Waals surface area contributed by atoms with Crippen LogP contribution in [0.5, 0.6) is 0 Å². The third-order valence-corrected chi connectivity index (χ3v) is 3.48. The molecule has 16 heavy (non-hydrogen) atoms. The lowest BCUT2D eigenvalue weighted by molar-refractivity contribution is -0.154. The fourth-order valence-corrected chi connectivity index (χ4v) is 2.10. The lowest BCUT2D eigenvalue weighted by Crippen LogP contribution is -2.39. The molecule has 0 aromatic rings. The van der Waals surface area contributed by atoms with Crippen molar-refractivity contribution in [1.82, 2.24) is 0 Å². The molecule has 0 aromatic carbocycles. The van der Waals surface area contributed by atoms with Gasteiger partial charge in [-0.2, -0.15) is 0 Å². The first-order valence-electron chi connectivity index (χ1n) is 5.99. The van der Waals surface area contributed by atoms with Crippen molar-refractivity contribution in [1.29, 1.82) is 0 Å². The largest absolute Gasteiger partial charge is 0.461 e. The Labute approximate surface area is 97.5 Å². The van der Waals surface area contributed by atoms with Gasteiger partial charge in [0.15, 0.2) is 0 Å². The molecule has 4 atom stereocenters. The standard InChI is InChI=1S/C12H23NO3/c1-8-4-5-10(6-9(8)2)16-12(14)11(13)7-15-3/h8-11H,4-7,13H2,1-3H3. The van der Waals surface area contributed by atoms with Gasteiger partial charge in [0.1, 0.15) is 12.1 Å². The van der Waals surface area contributed by atoms with Crippen molar-refractivity contribution in [3.63, 3.8) is 0 Å². The summed E-state index contributed by atoms with van der Waals surface area (Å²) in [6.45, 7) is 4.68. The second-order valence-electron chi connectivity index (χ2n) is 4.89. The first-order chi connectivity index (χ1) is 7.54. The van der Waals surface area contributed by atoms with Gasteiger partial charge in [-0.3, -0.25) is 4.79 Å². The number of nitrogens with two attached hydrogens (primary N) is 1. The van der Waals surface area contributed by atoms with Gasteiger partial charge in [0, 0.05) is 7.11 Å². The minimum Gasteiger partial charge on any atom is -0.461 e. The van der Waals surface area contributed by atoms with E-state index in [1.165, 1.54) is 7.11 Å². The van der Waals surface area contributed by atoms with Crippen LogP contribution < -0.4 is 5.73 Å². The van der Waals surface area contributed by atoms with Gasteiger partial charge in [-0.25, -0.2) is 0 Å². The fraction of sp³-hybridized carbons (Fsp3) is 0.917. The van der Waals surface area contributed by atoms with E-state index in [0.29, 0.717) is 5.92 Å². The molecule has 1 aliphatic rings. The second kappa shape index (κ2) is 6.21. The molecule has 4 nitrogen and oxygen atoms in total. The van der Waals surface area contributed by atoms with E-state index >= 15 is 0 Å². The van der Waals surface area contributed by atoms with Gasteiger partial charge in [0.05, 0.1) is 6.61 Å². The smallest absolute Gasteiger partial charge is 0.325 e. The number of hydrogen-bond acceptors (Lipinski definition) is 4. The van der Waals surface area contributed by atoms with Crippen LogP contribution in [0.3, 0.4) is 0 Å². The lowest BCUT2D eigenvalue weighted by Gasteiger charge is -2.32. The summed E-state index contributed by atoms with van der Waals surface area (Å²) >= 11 is 0. The number of esters is 1. The summed E-state index contributed by atoms with van der Waals surface area (Å²) in [6, 6.07) is -0.653. The summed E-state index contributed by atoms with van der Waals surface area (Å²) in [5, 5.41) is 0. The average molecular weight is 229 g/mol. The van der Waals surface area contributed by atoms with E-state index in [-0.39, 0.29) is 18.7 Å². The molecule has 0 amide bonds. The van der Waals surface area contributed by atoms with Crippen LogP contribution in [-0.2, 0) is 14.3 Å². The monoisotopic (exact) mass is 229 g/mol. The van der Waals surface area contributed by atoms with Crippen molar-refractivity contribution in [2.75, 3.05) is 13.7 Å². The van der Waals surface area contributed by atoms with Gasteiger partial charge in [-0.05, 0) is 31.1 Å². The van der Waals surface area contributed by atoms with Crippen molar-refractivity contribution in [2.45, 2.75) is 45.3 Å². The second-order valence-corrected chi connectivity index (χ2v) is 4.89. The van der Waals surface area contributed by atoms with Crippen LogP contribution in [-0.4, -0.2) is 31.8 Å². The average Bonchev–Trinajstić information content (AvgIpc) is 2.24. The summed E-state index contributed by atoms with van der Waals surface area (Å²) < 4.78 is 10.2. The van der Waals surface area contributed by atoms with Crippen LogP contribution in [0, 0.1) is 11.8 Å². The summed E-state index contributed by atoms with van der Waals surface area (Å²) in [7, 11) is 1.53. The van der Waals surface area contributed by atoms with E-state index in [4.69, 9.17) is 15.2 Å². The lowest BCUT2D eigenvalue weighted by atomic mass is 9.80. The minimum absolute atomic E-state index is 0.0432. The predicted molar refractivity (Wildman–Crippen MR) is 61.9 cm³/mol. The molecular formula is C12H23NO3. The van der Waals surface area contributed by atoms with Crippen molar-refractivity contribution in [3.05, 3.63) is 0 Å². The number of carbonyl (C=O) groups excluding carboxylic acids is 1. The van der Waals surface area contributed by atoms with Gasteiger partial charge in [-0.15, -0.1) is 0 Å². The van der Waals surface area contributed by atoms with Crippen LogP contribution in [0.4, 0.5) is 0 Å². The molecule has 1 fully saturated rings. The highest BCUT2D eigenvalue weighted by Crippen LogP contribution is 2.30. The van der Waals surface area contributed by atoms with Gasteiger partial charge < -0.3 is 15.2 Å². The van der Waals surface area contributed by atoms with Gasteiger partial charge in [-0.1, -0.05) is 13.8 Å². The van der Waals surface area contributed by atoms with E-state index in [9.17, 15) is 4.79 Å².